The first-order valence-corrected chi connectivity index (χ1v) is 27.4. The minimum atomic E-state index is -1.57. The number of fused-ring (bicyclic) bond motifs is 2. The van der Waals surface area contributed by atoms with Crippen LogP contribution >= 0.6 is 23.2 Å². The Morgan fingerprint density at radius 2 is 1.09 bits per heavy atom. The lowest BCUT2D eigenvalue weighted by Gasteiger charge is -2.25. The molecule has 6 aromatic rings. The van der Waals surface area contributed by atoms with Crippen molar-refractivity contribution in [1.29, 1.82) is 0 Å². The smallest absolute Gasteiger partial charge is 0.408 e. The maximum absolute atomic E-state index is 14.0. The average molecular weight is 1150 g/mol. The van der Waals surface area contributed by atoms with E-state index in [2.05, 4.69) is 10.3 Å². The van der Waals surface area contributed by atoms with Crippen molar-refractivity contribution in [2.45, 2.75) is 127 Å². The number of halogens is 4. The molecule has 16 nitrogen and oxygen atoms in total. The molecule has 2 aliphatic carbocycles. The SMILES string of the molecule is COc1cc(C(=O)CCC(C)(O)c2cc3c(c(-c4ccc(F)c(Cl)c4)n2)OCC3N)ccc1OC1CC1.COc1cc(C(=O)CCC(C)(O)c2cc3c(c(-c4ccc(F)c(Cl)c4)n2)OCC3NC(=O)OC(C)(C)C)ccc1OC1CC1. The molecule has 81 heavy (non-hydrogen) atoms. The van der Waals surface area contributed by atoms with Crippen LogP contribution < -0.4 is 39.5 Å². The number of aliphatic hydroxyl groups is 2. The quantitative estimate of drug-likeness (QED) is 0.0554. The van der Waals surface area contributed by atoms with Gasteiger partial charge in [-0.2, -0.15) is 0 Å². The van der Waals surface area contributed by atoms with E-state index >= 15 is 0 Å². The Labute approximate surface area is 478 Å². The highest BCUT2D eigenvalue weighted by atomic mass is 35.5. The Bertz CT molecular complexity index is 3380. The Kier molecular flexibility index (Phi) is 17.2. The van der Waals surface area contributed by atoms with Crippen molar-refractivity contribution in [3.63, 3.8) is 0 Å². The second-order valence-electron chi connectivity index (χ2n) is 22.0. The third-order valence-corrected chi connectivity index (χ3v) is 14.6. The number of pyridine rings is 2. The standard InChI is InChI=1S/C33H36ClFN2O7.C28H28ClFN2O5/c1-32(2,3)44-31(39)36-24-17-42-30-21(24)16-28(37-29(30)19-6-10-23(35)22(34)14-19)33(4,40)13-12-25(38)18-7-11-26(27(15-18)41-5)43-20-8-9-20;1-28(34,10-9-22(33)15-4-8-23(24(12-15)35-2)37-17-5-6-17)25-13-18-21(31)14-36-27(18)26(32-25)16-3-7-20(30)19(29)11-16/h6-7,10-11,14-16,20,24,40H,8-9,12-13,17H2,1-5H3,(H,36,39);3-4,7-8,11-13,17,21,34H,5-6,9-10,14,31H2,1-2H3. The Morgan fingerprint density at radius 1 is 0.642 bits per heavy atom. The van der Waals surface area contributed by atoms with Crippen molar-refractivity contribution in [3.8, 4) is 57.0 Å². The van der Waals surface area contributed by atoms with Crippen molar-refractivity contribution in [2.24, 2.45) is 5.73 Å². The number of Topliss-reactive ketones (excluding diaryl/α,β-unsaturated/α-hetero) is 2. The fourth-order valence-electron chi connectivity index (χ4n) is 9.13. The van der Waals surface area contributed by atoms with Gasteiger partial charge < -0.3 is 54.4 Å². The fraction of sp³-hybridized carbons (Fsp3) is 0.393. The zero-order chi connectivity index (χ0) is 58.1. The summed E-state index contributed by atoms with van der Waals surface area (Å²) in [5.74, 6) is 1.53. The number of nitrogens with two attached hydrogens (primary N) is 1. The minimum absolute atomic E-state index is 0.00550. The molecule has 4 unspecified atom stereocenters. The first kappa shape index (κ1) is 58.6. The number of aromatic nitrogens is 2. The van der Waals surface area contributed by atoms with Gasteiger partial charge in [-0.1, -0.05) is 23.2 Å². The summed E-state index contributed by atoms with van der Waals surface area (Å²) in [6, 6.07) is 20.9. The molecule has 4 atom stereocenters. The fourth-order valence-corrected chi connectivity index (χ4v) is 9.49. The second kappa shape index (κ2) is 23.8. The summed E-state index contributed by atoms with van der Waals surface area (Å²) < 4.78 is 67.5. The molecule has 0 radical (unpaired) electrons. The number of methoxy groups -OCH3 is 2. The number of hydrogen-bond donors (Lipinski definition) is 4. The number of carbonyl (C=O) groups excluding carboxylic acids is 3. The summed E-state index contributed by atoms with van der Waals surface area (Å²) in [6.45, 7) is 8.79. The van der Waals surface area contributed by atoms with Crippen molar-refractivity contribution >= 4 is 40.9 Å². The molecule has 4 aliphatic rings. The number of rotatable bonds is 19. The van der Waals surface area contributed by atoms with Gasteiger partial charge in [0.1, 0.15) is 53.0 Å². The zero-order valence-corrected chi connectivity index (χ0v) is 47.4. The summed E-state index contributed by atoms with van der Waals surface area (Å²) in [5, 5.41) is 25.7. The molecule has 4 aromatic carbocycles. The highest BCUT2D eigenvalue weighted by Crippen LogP contribution is 2.45. The molecule has 0 spiro atoms. The number of nitrogens with one attached hydrogen (secondary N) is 1. The van der Waals surface area contributed by atoms with Gasteiger partial charge in [0.05, 0.1) is 59.9 Å². The van der Waals surface area contributed by atoms with E-state index in [0.29, 0.717) is 85.0 Å². The van der Waals surface area contributed by atoms with Gasteiger partial charge in [-0.25, -0.2) is 23.5 Å². The molecule has 2 aliphatic heterocycles. The number of hydrogen-bond acceptors (Lipinski definition) is 15. The van der Waals surface area contributed by atoms with Gasteiger partial charge in [0, 0.05) is 46.2 Å². The van der Waals surface area contributed by atoms with Gasteiger partial charge in [0.25, 0.3) is 0 Å². The predicted molar refractivity (Wildman–Crippen MR) is 299 cm³/mol. The van der Waals surface area contributed by atoms with Gasteiger partial charge in [0.15, 0.2) is 46.1 Å². The number of carbonyl (C=O) groups is 3. The van der Waals surface area contributed by atoms with Crippen LogP contribution in [-0.2, 0) is 15.9 Å². The molecule has 428 valence electrons. The summed E-state index contributed by atoms with van der Waals surface area (Å²) in [7, 11) is 3.06. The van der Waals surface area contributed by atoms with Crippen molar-refractivity contribution in [3.05, 3.63) is 140 Å². The van der Waals surface area contributed by atoms with Crippen LogP contribution in [-0.4, -0.2) is 83.1 Å². The molecule has 1 amide bonds. The average Bonchev–Trinajstić information content (AvgIpc) is 4.57. The molecule has 2 aromatic heterocycles. The lowest BCUT2D eigenvalue weighted by molar-refractivity contribution is 0.0395. The Morgan fingerprint density at radius 3 is 1.52 bits per heavy atom. The maximum Gasteiger partial charge on any atom is 0.408 e. The summed E-state index contributed by atoms with van der Waals surface area (Å²) in [6.07, 6.45) is 4.00. The van der Waals surface area contributed by atoms with Gasteiger partial charge in [-0.3, -0.25) is 9.59 Å². The molecule has 2 saturated carbocycles. The van der Waals surface area contributed by atoms with Crippen LogP contribution in [0.15, 0.2) is 84.9 Å². The summed E-state index contributed by atoms with van der Waals surface area (Å²) >= 11 is 12.1. The van der Waals surface area contributed by atoms with Crippen LogP contribution in [0, 0.1) is 11.6 Å². The van der Waals surface area contributed by atoms with E-state index in [-0.39, 0.29) is 78.4 Å². The van der Waals surface area contributed by atoms with Crippen LogP contribution in [0.1, 0.15) is 141 Å². The zero-order valence-electron chi connectivity index (χ0n) is 45.9. The third kappa shape index (κ3) is 14.0. The number of ether oxygens (including phenoxy) is 7. The van der Waals surface area contributed by atoms with Crippen LogP contribution in [0.5, 0.6) is 34.5 Å². The van der Waals surface area contributed by atoms with Crippen LogP contribution in [0.3, 0.4) is 0 Å². The molecular weight excluding hydrogens is 1090 g/mol. The highest BCUT2D eigenvalue weighted by molar-refractivity contribution is 6.31. The van der Waals surface area contributed by atoms with E-state index in [0.717, 1.165) is 25.7 Å². The minimum Gasteiger partial charge on any atom is -0.493 e. The molecule has 4 heterocycles. The van der Waals surface area contributed by atoms with E-state index in [4.69, 9.17) is 67.1 Å². The van der Waals surface area contributed by atoms with Gasteiger partial charge in [-0.15, -0.1) is 0 Å². The number of benzene rings is 4. The van der Waals surface area contributed by atoms with Crippen LogP contribution in [0.25, 0.3) is 22.5 Å². The van der Waals surface area contributed by atoms with Crippen molar-refractivity contribution in [2.75, 3.05) is 27.4 Å². The van der Waals surface area contributed by atoms with E-state index in [1.165, 1.54) is 44.6 Å². The molecule has 20 heteroatoms. The van der Waals surface area contributed by atoms with E-state index in [1.807, 2.05) is 0 Å². The van der Waals surface area contributed by atoms with Gasteiger partial charge in [0.2, 0.25) is 0 Å². The normalized spacial score (nSPS) is 17.6. The first-order chi connectivity index (χ1) is 38.4. The van der Waals surface area contributed by atoms with Crippen LogP contribution in [0.4, 0.5) is 13.6 Å². The maximum atomic E-state index is 14.0. The van der Waals surface area contributed by atoms with Crippen LogP contribution in [0.2, 0.25) is 10.0 Å². The largest absolute Gasteiger partial charge is 0.493 e. The molecular formula is C61H64Cl2F2N4O12. The third-order valence-electron chi connectivity index (χ3n) is 14.0. The number of alkyl carbamates (subject to hydrolysis) is 1. The second-order valence-corrected chi connectivity index (χ2v) is 22.8. The Balaban J connectivity index is 0.000000198. The lowest BCUT2D eigenvalue weighted by Crippen LogP contribution is -2.35. The molecule has 5 N–H and O–H groups in total. The van der Waals surface area contributed by atoms with Gasteiger partial charge >= 0.3 is 6.09 Å². The van der Waals surface area contributed by atoms with E-state index < -0.39 is 46.6 Å². The lowest BCUT2D eigenvalue weighted by atomic mass is 9.90. The number of nitrogens with zero attached hydrogens (tertiary/aromatic N) is 2. The number of amides is 1. The molecule has 0 bridgehead atoms. The molecule has 2 fully saturated rings. The predicted octanol–water partition coefficient (Wildman–Crippen LogP) is 12.3. The van der Waals surface area contributed by atoms with Gasteiger partial charge in [-0.05, 0) is 158 Å². The monoisotopic (exact) mass is 1150 g/mol. The highest BCUT2D eigenvalue weighted by Gasteiger charge is 2.37. The van der Waals surface area contributed by atoms with E-state index in [9.17, 15) is 33.4 Å². The topological polar surface area (TPSA) is 220 Å². The van der Waals surface area contributed by atoms with E-state index in [1.54, 1.807) is 89.2 Å². The first-order valence-electron chi connectivity index (χ1n) is 26.6. The Hall–Kier alpha value is -7.09. The molecule has 0 saturated heterocycles. The number of ketones is 2. The van der Waals surface area contributed by atoms with Crippen molar-refractivity contribution < 1.29 is 66.5 Å². The summed E-state index contributed by atoms with van der Waals surface area (Å²) in [4.78, 5) is 48.2. The van der Waals surface area contributed by atoms with Crippen molar-refractivity contribution in [1.82, 2.24) is 15.3 Å². The summed E-state index contributed by atoms with van der Waals surface area (Å²) in [5.41, 5.74) is 6.93. The molecule has 10 rings (SSSR count).